The fourth-order valence-electron chi connectivity index (χ4n) is 1.04. The third kappa shape index (κ3) is 4.99. The van der Waals surface area contributed by atoms with E-state index in [1.54, 1.807) is 18.6 Å². The first kappa shape index (κ1) is 12.0. The number of aromatic nitrogens is 1. The summed E-state index contributed by atoms with van der Waals surface area (Å²) in [6.45, 7) is 1.99. The first-order chi connectivity index (χ1) is 7.68. The van der Waals surface area contributed by atoms with Gasteiger partial charge in [0.1, 0.15) is 6.67 Å². The van der Waals surface area contributed by atoms with Crippen LogP contribution in [0.3, 0.4) is 0 Å². The van der Waals surface area contributed by atoms with E-state index in [1.807, 2.05) is 36.3 Å². The van der Waals surface area contributed by atoms with E-state index in [4.69, 9.17) is 4.84 Å². The van der Waals surface area contributed by atoms with E-state index in [1.165, 1.54) is 12.0 Å². The third-order valence-electron chi connectivity index (χ3n) is 1.66. The maximum atomic E-state index is 10.4. The quantitative estimate of drug-likeness (QED) is 0.713. The Kier molecular flexibility index (Phi) is 4.85. The molecule has 0 saturated heterocycles. The van der Waals surface area contributed by atoms with E-state index in [-0.39, 0.29) is 5.97 Å². The minimum Gasteiger partial charge on any atom is -0.359 e. The van der Waals surface area contributed by atoms with E-state index >= 15 is 0 Å². The van der Waals surface area contributed by atoms with Crippen molar-refractivity contribution >= 4 is 5.97 Å². The van der Waals surface area contributed by atoms with Gasteiger partial charge < -0.3 is 9.74 Å². The third-order valence-corrected chi connectivity index (χ3v) is 1.66. The van der Waals surface area contributed by atoms with Crippen molar-refractivity contribution in [2.24, 2.45) is 0 Å². The zero-order valence-electron chi connectivity index (χ0n) is 9.41. The molecule has 0 N–H and O–H groups in total. The van der Waals surface area contributed by atoms with Crippen LogP contribution < -0.4 is 0 Å². The van der Waals surface area contributed by atoms with Crippen molar-refractivity contribution in [3.05, 3.63) is 43.0 Å². The molecule has 0 saturated carbocycles. The Bertz CT molecular complexity index is 314. The molecule has 0 spiro atoms. The molecule has 16 heavy (non-hydrogen) atoms. The van der Waals surface area contributed by atoms with Crippen LogP contribution in [0.1, 0.15) is 6.92 Å². The Morgan fingerprint density at radius 1 is 1.25 bits per heavy atom. The Morgan fingerprint density at radius 3 is 2.25 bits per heavy atom. The summed E-state index contributed by atoms with van der Waals surface area (Å²) in [5.74, 6) is -0.292. The molecule has 1 aromatic rings. The molecular weight excluding hydrogens is 206 g/mol. The van der Waals surface area contributed by atoms with Crippen LogP contribution in [0, 0.1) is 0 Å². The monoisotopic (exact) mass is 221 g/mol. The van der Waals surface area contributed by atoms with Gasteiger partial charge in [-0.25, -0.2) is 0 Å². The van der Waals surface area contributed by atoms with E-state index in [2.05, 4.69) is 4.98 Å². The number of hydrogen-bond donors (Lipinski definition) is 0. The lowest BCUT2D eigenvalue weighted by Crippen LogP contribution is -2.24. The van der Waals surface area contributed by atoms with Gasteiger partial charge in [-0.2, -0.15) is 5.06 Å². The minimum atomic E-state index is -0.292. The summed E-state index contributed by atoms with van der Waals surface area (Å²) in [7, 11) is 1.90. The molecule has 0 unspecified atom stereocenters. The number of nitrogens with zero attached hydrogens (tertiary/aromatic N) is 3. The standard InChI is InChI=1S/C6H10N2O2.C5H5N/c1-6(9)10-8-4-3-7(2)5-8;1-2-4-6-5-3-1/h3-4H,5H2,1-2H3;1-5H. The smallest absolute Gasteiger partial charge is 0.329 e. The molecule has 86 valence electrons. The molecule has 0 aliphatic carbocycles. The summed E-state index contributed by atoms with van der Waals surface area (Å²) in [5, 5.41) is 1.47. The minimum absolute atomic E-state index is 0.292. The van der Waals surface area contributed by atoms with Gasteiger partial charge in [0.15, 0.2) is 0 Å². The van der Waals surface area contributed by atoms with Gasteiger partial charge in [-0.05, 0) is 12.1 Å². The second-order valence-corrected chi connectivity index (χ2v) is 3.22. The highest BCUT2D eigenvalue weighted by Crippen LogP contribution is 2.03. The summed E-state index contributed by atoms with van der Waals surface area (Å²) >= 11 is 0. The highest BCUT2D eigenvalue weighted by molar-refractivity contribution is 5.65. The van der Waals surface area contributed by atoms with E-state index < -0.39 is 0 Å². The first-order valence-electron chi connectivity index (χ1n) is 4.87. The Morgan fingerprint density at radius 2 is 1.94 bits per heavy atom. The fourth-order valence-corrected chi connectivity index (χ4v) is 1.04. The molecule has 0 fully saturated rings. The van der Waals surface area contributed by atoms with Crippen molar-refractivity contribution in [2.45, 2.75) is 6.92 Å². The number of rotatable bonds is 1. The van der Waals surface area contributed by atoms with Gasteiger partial charge in [-0.15, -0.1) is 0 Å². The lowest BCUT2D eigenvalue weighted by Gasteiger charge is -2.15. The van der Waals surface area contributed by atoms with Gasteiger partial charge in [-0.1, -0.05) is 6.07 Å². The predicted molar refractivity (Wildman–Crippen MR) is 59.6 cm³/mol. The van der Waals surface area contributed by atoms with Gasteiger partial charge >= 0.3 is 5.97 Å². The number of hydrogen-bond acceptors (Lipinski definition) is 5. The van der Waals surface area contributed by atoms with Crippen molar-refractivity contribution in [1.82, 2.24) is 14.9 Å². The van der Waals surface area contributed by atoms with Crippen molar-refractivity contribution in [3.63, 3.8) is 0 Å². The summed E-state index contributed by atoms with van der Waals surface area (Å²) in [5.41, 5.74) is 0. The number of carbonyl (C=O) groups excluding carboxylic acids is 1. The van der Waals surface area contributed by atoms with Gasteiger partial charge in [0, 0.05) is 32.6 Å². The summed E-state index contributed by atoms with van der Waals surface area (Å²) < 4.78 is 0. The highest BCUT2D eigenvalue weighted by Gasteiger charge is 2.09. The lowest BCUT2D eigenvalue weighted by molar-refractivity contribution is -0.177. The topological polar surface area (TPSA) is 45.7 Å². The molecule has 0 amide bonds. The summed E-state index contributed by atoms with van der Waals surface area (Å²) in [4.78, 5) is 20.8. The molecule has 5 nitrogen and oxygen atoms in total. The van der Waals surface area contributed by atoms with Crippen LogP contribution in [-0.4, -0.2) is 34.6 Å². The zero-order chi connectivity index (χ0) is 11.8. The van der Waals surface area contributed by atoms with Crippen molar-refractivity contribution < 1.29 is 9.63 Å². The van der Waals surface area contributed by atoms with E-state index in [0.717, 1.165) is 0 Å². The molecule has 5 heteroatoms. The van der Waals surface area contributed by atoms with Crippen molar-refractivity contribution in [3.8, 4) is 0 Å². The molecule has 1 aliphatic rings. The van der Waals surface area contributed by atoms with Crippen molar-refractivity contribution in [1.29, 1.82) is 0 Å². The molecule has 0 aromatic carbocycles. The molecular formula is C11H15N3O2. The second-order valence-electron chi connectivity index (χ2n) is 3.22. The van der Waals surface area contributed by atoms with Crippen LogP contribution in [0.2, 0.25) is 0 Å². The molecule has 0 atom stereocenters. The fraction of sp³-hybridized carbons (Fsp3) is 0.273. The Balaban J connectivity index is 0.000000181. The number of pyridine rings is 1. The van der Waals surface area contributed by atoms with Crippen LogP contribution in [0.5, 0.6) is 0 Å². The summed E-state index contributed by atoms with van der Waals surface area (Å²) in [6, 6.07) is 5.72. The average Bonchev–Trinajstić information content (AvgIpc) is 2.66. The van der Waals surface area contributed by atoms with E-state index in [0.29, 0.717) is 6.67 Å². The maximum Gasteiger partial charge on any atom is 0.329 e. The van der Waals surface area contributed by atoms with Crippen LogP contribution in [-0.2, 0) is 9.63 Å². The first-order valence-corrected chi connectivity index (χ1v) is 4.87. The molecule has 0 radical (unpaired) electrons. The maximum absolute atomic E-state index is 10.4. The molecule has 1 aliphatic heterocycles. The van der Waals surface area contributed by atoms with Crippen LogP contribution in [0.15, 0.2) is 43.0 Å². The van der Waals surface area contributed by atoms with Crippen LogP contribution in [0.4, 0.5) is 0 Å². The van der Waals surface area contributed by atoms with E-state index in [9.17, 15) is 4.79 Å². The van der Waals surface area contributed by atoms with Crippen molar-refractivity contribution in [2.75, 3.05) is 13.7 Å². The number of carbonyl (C=O) groups is 1. The molecule has 0 bridgehead atoms. The number of hydroxylamine groups is 2. The van der Waals surface area contributed by atoms with Gasteiger partial charge in [-0.3, -0.25) is 9.78 Å². The van der Waals surface area contributed by atoms with Crippen LogP contribution in [0.25, 0.3) is 0 Å². The zero-order valence-corrected chi connectivity index (χ0v) is 9.41. The van der Waals surface area contributed by atoms with Gasteiger partial charge in [0.05, 0.1) is 6.20 Å². The second kappa shape index (κ2) is 6.44. The predicted octanol–water partition coefficient (Wildman–Crippen LogP) is 1.22. The van der Waals surface area contributed by atoms with Gasteiger partial charge in [0.2, 0.25) is 0 Å². The van der Waals surface area contributed by atoms with Gasteiger partial charge in [0.25, 0.3) is 0 Å². The summed E-state index contributed by atoms with van der Waals surface area (Å²) in [6.07, 6.45) is 7.05. The molecule has 2 heterocycles. The average molecular weight is 221 g/mol. The SMILES string of the molecule is CC(=O)ON1C=CN(C)C1.c1ccncc1. The lowest BCUT2D eigenvalue weighted by atomic mass is 10.5. The molecule has 1 aromatic heterocycles. The normalized spacial score (nSPS) is 13.1. The highest BCUT2D eigenvalue weighted by atomic mass is 16.7. The Labute approximate surface area is 94.9 Å². The molecule has 2 rings (SSSR count). The largest absolute Gasteiger partial charge is 0.359 e. The van der Waals surface area contributed by atoms with Crippen LogP contribution >= 0.6 is 0 Å². The Hall–Kier alpha value is -2.04.